The van der Waals surface area contributed by atoms with Gasteiger partial charge in [-0.2, -0.15) is 0 Å². The molecule has 1 aromatic heterocycles. The first-order valence-corrected chi connectivity index (χ1v) is 7.53. The van der Waals surface area contributed by atoms with Crippen molar-refractivity contribution in [2.24, 2.45) is 0 Å². The molecule has 1 aliphatic heterocycles. The maximum Gasteiger partial charge on any atom is 0.335 e. The maximum absolute atomic E-state index is 12.6. The number of aromatic nitrogens is 1. The average molecular weight is 306 g/mol. The predicted molar refractivity (Wildman–Crippen MR) is 81.1 cm³/mol. The molecule has 1 aromatic rings. The number of ether oxygens (including phenoxy) is 1. The van der Waals surface area contributed by atoms with Crippen LogP contribution in [0.1, 0.15) is 53.2 Å². The number of aryl methyl sites for hydroxylation is 1. The summed E-state index contributed by atoms with van der Waals surface area (Å²) in [5, 5.41) is 9.11. The first kappa shape index (κ1) is 16.4. The Balaban J connectivity index is 2.18. The van der Waals surface area contributed by atoms with Crippen LogP contribution in [0, 0.1) is 6.92 Å². The molecule has 0 spiro atoms. The van der Waals surface area contributed by atoms with Crippen LogP contribution in [-0.2, 0) is 4.74 Å². The number of carboxylic acids is 1. The third-order valence-corrected chi connectivity index (χ3v) is 3.68. The molecule has 0 saturated carbocycles. The van der Waals surface area contributed by atoms with Gasteiger partial charge in [0.2, 0.25) is 0 Å². The van der Waals surface area contributed by atoms with Crippen molar-refractivity contribution in [3.63, 3.8) is 0 Å². The van der Waals surface area contributed by atoms with E-state index in [9.17, 15) is 9.59 Å². The van der Waals surface area contributed by atoms with E-state index in [-0.39, 0.29) is 29.3 Å². The highest BCUT2D eigenvalue weighted by Crippen LogP contribution is 2.21. The predicted octanol–water partition coefficient (Wildman–Crippen LogP) is 2.12. The third kappa shape index (κ3) is 3.82. The molecule has 1 aliphatic rings. The van der Waals surface area contributed by atoms with Crippen LogP contribution in [0.5, 0.6) is 0 Å². The summed E-state index contributed by atoms with van der Waals surface area (Å²) in [6, 6.07) is 2.84. The van der Waals surface area contributed by atoms with E-state index in [2.05, 4.69) is 4.98 Å². The Morgan fingerprint density at radius 3 is 2.82 bits per heavy atom. The molecule has 1 N–H and O–H groups in total. The van der Waals surface area contributed by atoms with Crippen LogP contribution in [0.2, 0.25) is 0 Å². The fourth-order valence-corrected chi connectivity index (χ4v) is 2.63. The second kappa shape index (κ2) is 6.87. The highest BCUT2D eigenvalue weighted by atomic mass is 16.5. The second-order valence-corrected chi connectivity index (χ2v) is 5.86. The molecular weight excluding hydrogens is 284 g/mol. The van der Waals surface area contributed by atoms with Crippen molar-refractivity contribution in [2.45, 2.75) is 45.8 Å². The van der Waals surface area contributed by atoms with Crippen molar-refractivity contribution in [3.8, 4) is 0 Å². The molecule has 2 heterocycles. The van der Waals surface area contributed by atoms with Gasteiger partial charge >= 0.3 is 5.97 Å². The molecule has 1 saturated heterocycles. The number of rotatable bonds is 5. The van der Waals surface area contributed by atoms with E-state index in [0.29, 0.717) is 18.8 Å². The summed E-state index contributed by atoms with van der Waals surface area (Å²) in [5.74, 6) is -1.28. The van der Waals surface area contributed by atoms with Crippen molar-refractivity contribution in [1.29, 1.82) is 0 Å². The van der Waals surface area contributed by atoms with Crippen LogP contribution in [0.25, 0.3) is 0 Å². The van der Waals surface area contributed by atoms with Gasteiger partial charge in [-0.1, -0.05) is 0 Å². The lowest BCUT2D eigenvalue weighted by molar-refractivity contribution is 0.0323. The minimum atomic E-state index is -1.05. The van der Waals surface area contributed by atoms with Crippen LogP contribution < -0.4 is 0 Å². The summed E-state index contributed by atoms with van der Waals surface area (Å²) in [6.07, 6.45) is 1.94. The van der Waals surface area contributed by atoms with E-state index in [1.807, 2.05) is 13.8 Å². The normalized spacial score (nSPS) is 18.0. The van der Waals surface area contributed by atoms with Crippen molar-refractivity contribution >= 4 is 11.9 Å². The van der Waals surface area contributed by atoms with Crippen LogP contribution >= 0.6 is 0 Å². The summed E-state index contributed by atoms with van der Waals surface area (Å²) in [6.45, 7) is 6.77. The Morgan fingerprint density at radius 1 is 1.45 bits per heavy atom. The molecule has 0 aromatic carbocycles. The minimum Gasteiger partial charge on any atom is -0.478 e. The van der Waals surface area contributed by atoms with E-state index >= 15 is 0 Å². The van der Waals surface area contributed by atoms with Crippen molar-refractivity contribution in [1.82, 2.24) is 9.88 Å². The summed E-state index contributed by atoms with van der Waals surface area (Å²) < 4.78 is 5.62. The molecular formula is C16H22N2O4. The lowest BCUT2D eigenvalue weighted by Crippen LogP contribution is -2.39. The monoisotopic (exact) mass is 306 g/mol. The molecule has 1 fully saturated rings. The van der Waals surface area contributed by atoms with Crippen LogP contribution in [0.3, 0.4) is 0 Å². The van der Waals surface area contributed by atoms with Gasteiger partial charge in [0.25, 0.3) is 5.91 Å². The van der Waals surface area contributed by atoms with Gasteiger partial charge < -0.3 is 14.7 Å². The average Bonchev–Trinajstić information content (AvgIpc) is 2.91. The maximum atomic E-state index is 12.6. The number of likely N-dealkylation sites (tertiary alicyclic amines) is 1. The molecule has 120 valence electrons. The molecule has 2 rings (SSSR count). The van der Waals surface area contributed by atoms with Gasteiger partial charge in [-0.05, 0) is 45.7 Å². The largest absolute Gasteiger partial charge is 0.478 e. The summed E-state index contributed by atoms with van der Waals surface area (Å²) in [4.78, 5) is 29.7. The number of nitrogens with zero attached hydrogens (tertiary/aromatic N) is 2. The lowest BCUT2D eigenvalue weighted by atomic mass is 10.1. The minimum absolute atomic E-state index is 0.0329. The molecule has 0 aliphatic carbocycles. The Bertz CT molecular complexity index is 571. The van der Waals surface area contributed by atoms with Gasteiger partial charge in [0, 0.05) is 12.2 Å². The van der Waals surface area contributed by atoms with Crippen LogP contribution in [-0.4, -0.2) is 52.2 Å². The molecule has 0 bridgehead atoms. The Labute approximate surface area is 130 Å². The van der Waals surface area contributed by atoms with Crippen molar-refractivity contribution < 1.29 is 19.4 Å². The number of pyridine rings is 1. The number of carboxylic acid groups (broad SMARTS) is 1. The van der Waals surface area contributed by atoms with Crippen LogP contribution in [0.4, 0.5) is 0 Å². The molecule has 6 heteroatoms. The summed E-state index contributed by atoms with van der Waals surface area (Å²) in [5.41, 5.74) is 0.802. The van der Waals surface area contributed by atoms with Crippen LogP contribution in [0.15, 0.2) is 12.1 Å². The number of carbonyl (C=O) groups excluding carboxylic acids is 1. The van der Waals surface area contributed by atoms with Gasteiger partial charge in [-0.25, -0.2) is 9.78 Å². The number of carbonyl (C=O) groups is 2. The van der Waals surface area contributed by atoms with Gasteiger partial charge in [0.05, 0.1) is 24.3 Å². The molecule has 1 amide bonds. The number of hydrogen-bond acceptors (Lipinski definition) is 4. The zero-order chi connectivity index (χ0) is 16.3. The first-order valence-electron chi connectivity index (χ1n) is 7.53. The lowest BCUT2D eigenvalue weighted by Gasteiger charge is -2.25. The number of aromatic carboxylic acids is 1. The smallest absolute Gasteiger partial charge is 0.335 e. The molecule has 0 radical (unpaired) electrons. The zero-order valence-corrected chi connectivity index (χ0v) is 13.2. The SMILES string of the molecule is Cc1cc(C(=O)O)cc(C(=O)N2CCCC2COC(C)C)n1. The standard InChI is InChI=1S/C16H22N2O4/c1-10(2)22-9-13-5-4-6-18(13)15(19)14-8-12(16(20)21)7-11(3)17-14/h7-8,10,13H,4-6,9H2,1-3H3,(H,20,21). The van der Waals surface area contributed by atoms with E-state index in [1.54, 1.807) is 11.8 Å². The second-order valence-electron chi connectivity index (χ2n) is 5.86. The van der Waals surface area contributed by atoms with Gasteiger partial charge in [-0.15, -0.1) is 0 Å². The fourth-order valence-electron chi connectivity index (χ4n) is 2.63. The Kier molecular flexibility index (Phi) is 5.13. The van der Waals surface area contributed by atoms with Gasteiger partial charge in [-0.3, -0.25) is 4.79 Å². The van der Waals surface area contributed by atoms with Gasteiger partial charge in [0.1, 0.15) is 5.69 Å². The van der Waals surface area contributed by atoms with E-state index in [1.165, 1.54) is 12.1 Å². The highest BCUT2D eigenvalue weighted by Gasteiger charge is 2.30. The Hall–Kier alpha value is -1.95. The van der Waals surface area contributed by atoms with E-state index in [0.717, 1.165) is 12.8 Å². The molecule has 6 nitrogen and oxygen atoms in total. The molecule has 22 heavy (non-hydrogen) atoms. The third-order valence-electron chi connectivity index (χ3n) is 3.68. The van der Waals surface area contributed by atoms with E-state index < -0.39 is 5.97 Å². The zero-order valence-electron chi connectivity index (χ0n) is 13.2. The Morgan fingerprint density at radius 2 is 2.18 bits per heavy atom. The summed E-state index contributed by atoms with van der Waals surface area (Å²) >= 11 is 0. The topological polar surface area (TPSA) is 79.7 Å². The number of hydrogen-bond donors (Lipinski definition) is 1. The highest BCUT2D eigenvalue weighted by molar-refractivity contribution is 5.96. The summed E-state index contributed by atoms with van der Waals surface area (Å²) in [7, 11) is 0. The molecule has 1 unspecified atom stereocenters. The van der Waals surface area contributed by atoms with Crippen molar-refractivity contribution in [2.75, 3.05) is 13.2 Å². The quantitative estimate of drug-likeness (QED) is 0.901. The molecule has 1 atom stereocenters. The first-order chi connectivity index (χ1) is 10.4. The number of amides is 1. The van der Waals surface area contributed by atoms with Crippen molar-refractivity contribution in [3.05, 3.63) is 29.1 Å². The van der Waals surface area contributed by atoms with Gasteiger partial charge in [0.15, 0.2) is 0 Å². The fraction of sp³-hybridized carbons (Fsp3) is 0.562. The van der Waals surface area contributed by atoms with E-state index in [4.69, 9.17) is 9.84 Å².